The maximum atomic E-state index is 6.50. The number of hydrogen-bond acceptors (Lipinski definition) is 6. The standard InChI is InChI=1S/C22H32N9/c1-15(2)17-6-4-13-29-19(17)9-11-22(29)31(25,26)27-14-16(3)18-7-5-12-28-20(18)8-10-21(28)30(23)24/h4-13,15-16,27H,14,23-26H2,1-3H3/q+1. The first-order chi connectivity index (χ1) is 14.7. The van der Waals surface area contributed by atoms with Crippen molar-refractivity contribution in [1.29, 1.82) is 0 Å². The molecule has 0 saturated heterocycles. The number of fused-ring (bicyclic) bond motifs is 2. The summed E-state index contributed by atoms with van der Waals surface area (Å²) in [4.78, 5) is -0.422. The van der Waals surface area contributed by atoms with E-state index in [1.807, 2.05) is 51.5 Å². The average Bonchev–Trinajstić information content (AvgIpc) is 3.36. The molecule has 31 heavy (non-hydrogen) atoms. The Morgan fingerprint density at radius 2 is 1.48 bits per heavy atom. The number of nitrogens with one attached hydrogen (secondary N) is 1. The van der Waals surface area contributed by atoms with E-state index in [4.69, 9.17) is 23.4 Å². The number of hydrogen-bond donors (Lipinski definition) is 5. The Kier molecular flexibility index (Phi) is 5.48. The molecule has 9 heteroatoms. The number of nitrogens with zero attached hydrogens (tertiary/aromatic N) is 4. The third-order valence-electron chi connectivity index (χ3n) is 5.86. The summed E-state index contributed by atoms with van der Waals surface area (Å²) in [6.45, 7) is 7.05. The zero-order chi connectivity index (χ0) is 22.3. The third-order valence-corrected chi connectivity index (χ3v) is 5.86. The van der Waals surface area contributed by atoms with Crippen LogP contribution in [0.4, 0.5) is 11.6 Å². The van der Waals surface area contributed by atoms with Gasteiger partial charge in [-0.15, -0.1) is 17.1 Å². The lowest BCUT2D eigenvalue weighted by Crippen LogP contribution is -2.71. The normalized spacial score (nSPS) is 13.4. The highest BCUT2D eigenvalue weighted by molar-refractivity contribution is 5.64. The van der Waals surface area contributed by atoms with Crippen LogP contribution in [0, 0.1) is 0 Å². The lowest BCUT2D eigenvalue weighted by atomic mass is 10.0. The largest absolute Gasteiger partial charge is 0.301 e. The van der Waals surface area contributed by atoms with Gasteiger partial charge in [-0.05, 0) is 47.4 Å². The highest BCUT2D eigenvalue weighted by Crippen LogP contribution is 2.28. The first-order valence-electron chi connectivity index (χ1n) is 10.4. The number of pyridine rings is 2. The van der Waals surface area contributed by atoms with Gasteiger partial charge in [0, 0.05) is 24.4 Å². The van der Waals surface area contributed by atoms with Crippen molar-refractivity contribution in [2.24, 2.45) is 23.4 Å². The highest BCUT2D eigenvalue weighted by atomic mass is 15.9. The minimum absolute atomic E-state index is 0.137. The number of aromatic nitrogens is 2. The number of anilines is 1. The summed E-state index contributed by atoms with van der Waals surface area (Å²) in [5, 5.41) is 1.12. The SMILES string of the molecule is CC(C)c1cccn2c([N+](N)(N)NCC(C)c3cccn4c(N(N)N)ccc34)ccc12. The quantitative estimate of drug-likeness (QED) is 0.176. The van der Waals surface area contributed by atoms with Crippen LogP contribution in [-0.2, 0) is 0 Å². The minimum atomic E-state index is -0.422. The Balaban J connectivity index is 1.59. The van der Waals surface area contributed by atoms with Crippen molar-refractivity contribution in [3.05, 3.63) is 72.1 Å². The molecule has 0 aliphatic rings. The van der Waals surface area contributed by atoms with E-state index in [0.29, 0.717) is 18.3 Å². The maximum absolute atomic E-state index is 6.50. The van der Waals surface area contributed by atoms with Crippen LogP contribution in [0.5, 0.6) is 0 Å². The molecule has 0 spiro atoms. The van der Waals surface area contributed by atoms with Crippen LogP contribution >= 0.6 is 0 Å². The molecule has 4 aromatic heterocycles. The van der Waals surface area contributed by atoms with Crippen LogP contribution < -0.4 is 38.7 Å². The first kappa shape index (κ1) is 21.3. The van der Waals surface area contributed by atoms with E-state index in [9.17, 15) is 0 Å². The average molecular weight is 423 g/mol. The second kappa shape index (κ2) is 7.97. The molecule has 0 fully saturated rings. The van der Waals surface area contributed by atoms with Crippen LogP contribution in [0.3, 0.4) is 0 Å². The van der Waals surface area contributed by atoms with E-state index in [1.165, 1.54) is 5.56 Å². The Bertz CT molecular complexity index is 1200. The van der Waals surface area contributed by atoms with Crippen LogP contribution in [0.1, 0.15) is 43.7 Å². The van der Waals surface area contributed by atoms with E-state index in [0.717, 1.165) is 27.5 Å². The summed E-state index contributed by atoms with van der Waals surface area (Å²) < 4.78 is 4.01. The number of quaternary nitrogens is 1. The molecule has 0 aliphatic carbocycles. The smallest absolute Gasteiger partial charge is 0.272 e. The van der Waals surface area contributed by atoms with Gasteiger partial charge in [-0.25, -0.2) is 16.8 Å². The summed E-state index contributed by atoms with van der Waals surface area (Å²) in [5.41, 5.74) is 7.84. The third kappa shape index (κ3) is 3.79. The zero-order valence-corrected chi connectivity index (χ0v) is 18.2. The van der Waals surface area contributed by atoms with Crippen molar-refractivity contribution < 1.29 is 0 Å². The summed E-state index contributed by atoms with van der Waals surface area (Å²) in [6, 6.07) is 16.2. The Morgan fingerprint density at radius 1 is 0.871 bits per heavy atom. The molecule has 9 nitrogen and oxygen atoms in total. The summed E-state index contributed by atoms with van der Waals surface area (Å²) in [7, 11) is 0. The predicted octanol–water partition coefficient (Wildman–Crippen LogP) is 2.23. The molecule has 0 bridgehead atoms. The van der Waals surface area contributed by atoms with Gasteiger partial charge in [0.05, 0.1) is 17.6 Å². The van der Waals surface area contributed by atoms with Crippen molar-refractivity contribution in [3.63, 3.8) is 0 Å². The van der Waals surface area contributed by atoms with Crippen molar-refractivity contribution in [2.75, 3.05) is 11.7 Å². The van der Waals surface area contributed by atoms with Gasteiger partial charge in [0.15, 0.2) is 0 Å². The zero-order valence-electron chi connectivity index (χ0n) is 18.2. The topological polar surface area (TPSA) is 128 Å². The molecule has 164 valence electrons. The fourth-order valence-electron chi connectivity index (χ4n) is 4.19. The Labute approximate surface area is 181 Å². The molecule has 1 unspecified atom stereocenters. The summed E-state index contributed by atoms with van der Waals surface area (Å²) in [5.74, 6) is 26.5. The van der Waals surface area contributed by atoms with E-state index >= 15 is 0 Å². The fourth-order valence-corrected chi connectivity index (χ4v) is 4.19. The van der Waals surface area contributed by atoms with Gasteiger partial charge in [-0.3, -0.25) is 4.40 Å². The predicted molar refractivity (Wildman–Crippen MR) is 126 cm³/mol. The molecule has 0 amide bonds. The van der Waals surface area contributed by atoms with Crippen LogP contribution in [-0.4, -0.2) is 15.3 Å². The van der Waals surface area contributed by atoms with Gasteiger partial charge in [0.25, 0.3) is 5.82 Å². The van der Waals surface area contributed by atoms with Crippen LogP contribution in [0.15, 0.2) is 60.9 Å². The number of rotatable bonds is 7. The highest BCUT2D eigenvalue weighted by Gasteiger charge is 2.28. The van der Waals surface area contributed by atoms with Crippen LogP contribution in [0.2, 0.25) is 0 Å². The van der Waals surface area contributed by atoms with Gasteiger partial charge in [0.1, 0.15) is 5.82 Å². The van der Waals surface area contributed by atoms with Gasteiger partial charge in [-0.1, -0.05) is 37.7 Å². The molecular formula is C22H32N9+. The second-order valence-corrected chi connectivity index (χ2v) is 8.42. The van der Waals surface area contributed by atoms with Crippen molar-refractivity contribution in [1.82, 2.24) is 19.0 Å². The molecular weight excluding hydrogens is 390 g/mol. The number of hydrazine groups is 2. The molecule has 9 N–H and O–H groups in total. The summed E-state index contributed by atoms with van der Waals surface area (Å²) >= 11 is 0. The first-order valence-corrected chi connectivity index (χ1v) is 10.4. The monoisotopic (exact) mass is 422 g/mol. The van der Waals surface area contributed by atoms with E-state index in [-0.39, 0.29) is 5.92 Å². The molecule has 0 radical (unpaired) electrons. The minimum Gasteiger partial charge on any atom is -0.301 e. The molecule has 4 heterocycles. The molecule has 1 atom stereocenters. The van der Waals surface area contributed by atoms with Crippen molar-refractivity contribution >= 4 is 22.7 Å². The summed E-state index contributed by atoms with van der Waals surface area (Å²) in [6.07, 6.45) is 3.93. The second-order valence-electron chi connectivity index (χ2n) is 8.42. The van der Waals surface area contributed by atoms with Crippen molar-refractivity contribution in [3.8, 4) is 0 Å². The lowest BCUT2D eigenvalue weighted by molar-refractivity contribution is 0.187. The Morgan fingerprint density at radius 3 is 2.16 bits per heavy atom. The number of nitrogens with two attached hydrogens (primary N) is 4. The molecule has 0 aliphatic heterocycles. The molecule has 0 aromatic carbocycles. The van der Waals surface area contributed by atoms with E-state index in [2.05, 4.69) is 44.4 Å². The van der Waals surface area contributed by atoms with Gasteiger partial charge < -0.3 is 4.40 Å². The van der Waals surface area contributed by atoms with E-state index < -0.39 is 4.81 Å². The van der Waals surface area contributed by atoms with Crippen LogP contribution in [0.25, 0.3) is 11.0 Å². The molecule has 0 saturated carbocycles. The molecule has 4 aromatic rings. The van der Waals surface area contributed by atoms with Gasteiger partial charge in [-0.2, -0.15) is 0 Å². The van der Waals surface area contributed by atoms with Gasteiger partial charge in [0.2, 0.25) is 0 Å². The van der Waals surface area contributed by atoms with E-state index in [1.54, 1.807) is 0 Å². The molecule has 4 rings (SSSR count). The van der Waals surface area contributed by atoms with Crippen molar-refractivity contribution in [2.45, 2.75) is 32.6 Å². The maximum Gasteiger partial charge on any atom is 0.272 e. The fraction of sp³-hybridized carbons (Fsp3) is 0.273. The lowest BCUT2D eigenvalue weighted by Gasteiger charge is -2.27. The Hall–Kier alpha value is -2.92. The van der Waals surface area contributed by atoms with Gasteiger partial charge >= 0.3 is 0 Å².